The van der Waals surface area contributed by atoms with Gasteiger partial charge in [0.05, 0.1) is 29.4 Å². The van der Waals surface area contributed by atoms with Crippen LogP contribution in [-0.2, 0) is 16.6 Å². The molecule has 3 aliphatic heterocycles. The predicted molar refractivity (Wildman–Crippen MR) is 149 cm³/mol. The van der Waals surface area contributed by atoms with Crippen molar-refractivity contribution in [3.63, 3.8) is 0 Å². The SMILES string of the molecule is COc1cc(N2CCN(c3ccc4c(c3)C(=O)N(C3CCC(=O)NC3=O)C4=O)CC2)c(-c2cnn(C)c2)cc1[N+](=O)[O-]. The predicted octanol–water partition coefficient (Wildman–Crippen LogP) is 1.73. The number of ether oxygens (including phenoxy) is 1. The van der Waals surface area contributed by atoms with Crippen molar-refractivity contribution >= 4 is 40.7 Å². The van der Waals surface area contributed by atoms with E-state index in [1.807, 2.05) is 0 Å². The summed E-state index contributed by atoms with van der Waals surface area (Å²) in [6.07, 6.45) is 3.61. The molecule has 4 amide bonds. The van der Waals surface area contributed by atoms with Crippen LogP contribution in [0.15, 0.2) is 42.7 Å². The number of nitro benzene ring substituents is 1. The van der Waals surface area contributed by atoms with Crippen molar-refractivity contribution in [1.82, 2.24) is 20.0 Å². The summed E-state index contributed by atoms with van der Waals surface area (Å²) in [5.41, 5.74) is 3.26. The number of piperidine rings is 1. The first kappa shape index (κ1) is 26.9. The number of imide groups is 2. The Kier molecular flexibility index (Phi) is 6.59. The zero-order valence-corrected chi connectivity index (χ0v) is 22.9. The molecule has 1 unspecified atom stereocenters. The van der Waals surface area contributed by atoms with Crippen LogP contribution in [0.3, 0.4) is 0 Å². The molecule has 1 N–H and O–H groups in total. The van der Waals surface area contributed by atoms with E-state index >= 15 is 0 Å². The summed E-state index contributed by atoms with van der Waals surface area (Å²) in [5, 5.41) is 18.2. The molecular formula is C28H27N7O7. The zero-order chi connectivity index (χ0) is 29.7. The van der Waals surface area contributed by atoms with E-state index in [4.69, 9.17) is 4.74 Å². The van der Waals surface area contributed by atoms with Gasteiger partial charge in [-0.05, 0) is 24.6 Å². The molecule has 4 heterocycles. The van der Waals surface area contributed by atoms with Gasteiger partial charge in [-0.15, -0.1) is 0 Å². The Balaban J connectivity index is 1.23. The fourth-order valence-electron chi connectivity index (χ4n) is 5.78. The topological polar surface area (TPSA) is 160 Å². The van der Waals surface area contributed by atoms with Gasteiger partial charge in [-0.1, -0.05) is 0 Å². The molecule has 2 aromatic carbocycles. The Bertz CT molecular complexity index is 1660. The lowest BCUT2D eigenvalue weighted by Gasteiger charge is -2.38. The highest BCUT2D eigenvalue weighted by atomic mass is 16.6. The summed E-state index contributed by atoms with van der Waals surface area (Å²) in [4.78, 5) is 66.7. The number of aryl methyl sites for hydroxylation is 1. The summed E-state index contributed by atoms with van der Waals surface area (Å²) in [7, 11) is 3.17. The van der Waals surface area contributed by atoms with Crippen LogP contribution in [0.5, 0.6) is 5.75 Å². The number of hydrogen-bond donors (Lipinski definition) is 1. The Morgan fingerprint density at radius 1 is 0.976 bits per heavy atom. The van der Waals surface area contributed by atoms with Crippen LogP contribution >= 0.6 is 0 Å². The molecule has 0 bridgehead atoms. The van der Waals surface area contributed by atoms with E-state index in [-0.39, 0.29) is 35.4 Å². The second kappa shape index (κ2) is 10.3. The van der Waals surface area contributed by atoms with E-state index in [9.17, 15) is 29.3 Å². The van der Waals surface area contributed by atoms with Crippen molar-refractivity contribution in [3.8, 4) is 16.9 Å². The van der Waals surface area contributed by atoms with Crippen molar-refractivity contribution < 1.29 is 28.8 Å². The van der Waals surface area contributed by atoms with Crippen molar-refractivity contribution in [2.75, 3.05) is 43.1 Å². The lowest BCUT2D eigenvalue weighted by atomic mass is 10.0. The van der Waals surface area contributed by atoms with Crippen LogP contribution in [0.4, 0.5) is 17.1 Å². The number of aromatic nitrogens is 2. The van der Waals surface area contributed by atoms with Gasteiger partial charge in [-0.2, -0.15) is 5.10 Å². The smallest absolute Gasteiger partial charge is 0.311 e. The number of hydrogen-bond acceptors (Lipinski definition) is 10. The molecule has 3 aromatic rings. The summed E-state index contributed by atoms with van der Waals surface area (Å²) in [6.45, 7) is 2.29. The van der Waals surface area contributed by atoms with E-state index in [1.54, 1.807) is 48.4 Å². The van der Waals surface area contributed by atoms with Gasteiger partial charge in [0.2, 0.25) is 11.8 Å². The Hall–Kier alpha value is -5.27. The number of rotatable bonds is 6. The summed E-state index contributed by atoms with van der Waals surface area (Å²) in [6, 6.07) is 7.23. The molecule has 1 aromatic heterocycles. The average molecular weight is 574 g/mol. The molecule has 3 aliphatic rings. The molecule has 0 radical (unpaired) electrons. The minimum Gasteiger partial charge on any atom is -0.490 e. The number of carbonyl (C=O) groups is 4. The van der Waals surface area contributed by atoms with E-state index in [0.29, 0.717) is 31.7 Å². The molecule has 14 nitrogen and oxygen atoms in total. The minimum atomic E-state index is -1.02. The number of anilines is 2. The molecule has 1 atom stereocenters. The average Bonchev–Trinajstić information content (AvgIpc) is 3.52. The first-order valence-corrected chi connectivity index (χ1v) is 13.4. The summed E-state index contributed by atoms with van der Waals surface area (Å²) >= 11 is 0. The first-order valence-electron chi connectivity index (χ1n) is 13.4. The molecule has 2 fully saturated rings. The molecule has 0 spiro atoms. The molecule has 42 heavy (non-hydrogen) atoms. The highest BCUT2D eigenvalue weighted by Gasteiger charge is 2.44. The number of piperazine rings is 1. The lowest BCUT2D eigenvalue weighted by Crippen LogP contribution is -2.54. The van der Waals surface area contributed by atoms with Crippen LogP contribution in [0, 0.1) is 10.1 Å². The highest BCUT2D eigenvalue weighted by Crippen LogP contribution is 2.41. The Morgan fingerprint density at radius 2 is 1.69 bits per heavy atom. The third-order valence-electron chi connectivity index (χ3n) is 7.92. The molecular weight excluding hydrogens is 546 g/mol. The van der Waals surface area contributed by atoms with Crippen LogP contribution in [0.25, 0.3) is 11.1 Å². The molecule has 2 saturated heterocycles. The second-order valence-electron chi connectivity index (χ2n) is 10.4. The molecule has 0 aliphatic carbocycles. The third kappa shape index (κ3) is 4.50. The van der Waals surface area contributed by atoms with Gasteiger partial charge in [-0.25, -0.2) is 0 Å². The summed E-state index contributed by atoms with van der Waals surface area (Å²) < 4.78 is 6.98. The van der Waals surface area contributed by atoms with Gasteiger partial charge in [-0.3, -0.25) is 44.2 Å². The molecule has 6 rings (SSSR count). The number of nitrogens with one attached hydrogen (secondary N) is 1. The van der Waals surface area contributed by atoms with Gasteiger partial charge in [0.1, 0.15) is 6.04 Å². The number of benzene rings is 2. The maximum absolute atomic E-state index is 13.3. The fraction of sp³-hybridized carbons (Fsp3) is 0.321. The van der Waals surface area contributed by atoms with Gasteiger partial charge in [0.25, 0.3) is 11.8 Å². The highest BCUT2D eigenvalue weighted by molar-refractivity contribution is 6.23. The molecule has 0 saturated carbocycles. The van der Waals surface area contributed by atoms with Crippen LogP contribution in [0.1, 0.15) is 33.6 Å². The minimum absolute atomic E-state index is 0.0580. The van der Waals surface area contributed by atoms with E-state index < -0.39 is 34.6 Å². The van der Waals surface area contributed by atoms with Gasteiger partial charge >= 0.3 is 5.69 Å². The largest absolute Gasteiger partial charge is 0.490 e. The lowest BCUT2D eigenvalue weighted by molar-refractivity contribution is -0.385. The van der Waals surface area contributed by atoms with Crippen molar-refractivity contribution in [2.45, 2.75) is 18.9 Å². The second-order valence-corrected chi connectivity index (χ2v) is 10.4. The van der Waals surface area contributed by atoms with E-state index in [2.05, 4.69) is 20.2 Å². The maximum atomic E-state index is 13.3. The Labute approximate surface area is 239 Å². The number of nitrogens with zero attached hydrogens (tertiary/aromatic N) is 6. The van der Waals surface area contributed by atoms with Crippen LogP contribution < -0.4 is 19.9 Å². The monoisotopic (exact) mass is 573 g/mol. The summed E-state index contributed by atoms with van der Waals surface area (Å²) in [5.74, 6) is -2.01. The van der Waals surface area contributed by atoms with Crippen LogP contribution in [0.2, 0.25) is 0 Å². The standard InChI is InChI=1S/C28H27N7O7/c1-31-15-16(14-29-31)19-12-23(35(40)41)24(42-2)13-22(19)33-9-7-32(8-10-33)17-3-4-18-20(11-17)28(39)34(27(18)38)21-5-6-25(36)30-26(21)37/h3-4,11-15,21H,5-10H2,1-2H3,(H,30,36,37). The number of amides is 4. The first-order chi connectivity index (χ1) is 20.2. The van der Waals surface area contributed by atoms with E-state index in [1.165, 1.54) is 13.2 Å². The van der Waals surface area contributed by atoms with E-state index in [0.717, 1.165) is 21.8 Å². The third-order valence-corrected chi connectivity index (χ3v) is 7.92. The van der Waals surface area contributed by atoms with Crippen molar-refractivity contribution in [3.05, 3.63) is 64.0 Å². The van der Waals surface area contributed by atoms with Crippen LogP contribution in [-0.4, -0.2) is 82.6 Å². The number of carbonyl (C=O) groups excluding carboxylic acids is 4. The maximum Gasteiger partial charge on any atom is 0.311 e. The van der Waals surface area contributed by atoms with Crippen molar-refractivity contribution in [1.29, 1.82) is 0 Å². The fourth-order valence-corrected chi connectivity index (χ4v) is 5.78. The van der Waals surface area contributed by atoms with Crippen molar-refractivity contribution in [2.24, 2.45) is 7.05 Å². The number of nitro groups is 1. The van der Waals surface area contributed by atoms with Gasteiger partial charge < -0.3 is 14.5 Å². The normalized spacial score (nSPS) is 18.8. The number of fused-ring (bicyclic) bond motifs is 1. The van der Waals surface area contributed by atoms with Gasteiger partial charge in [0.15, 0.2) is 5.75 Å². The zero-order valence-electron chi connectivity index (χ0n) is 22.9. The Morgan fingerprint density at radius 3 is 2.33 bits per heavy atom. The molecule has 216 valence electrons. The quantitative estimate of drug-likeness (QED) is 0.261. The van der Waals surface area contributed by atoms with Gasteiger partial charge in [0, 0.05) is 80.5 Å². The molecule has 14 heteroatoms. The number of methoxy groups -OCH3 is 1.